The van der Waals surface area contributed by atoms with Crippen LogP contribution in [0, 0.1) is 18.3 Å². The van der Waals surface area contributed by atoms with E-state index in [0.717, 1.165) is 5.56 Å². The normalized spacial score (nSPS) is 16.7. The Morgan fingerprint density at radius 2 is 1.98 bits per heavy atom. The summed E-state index contributed by atoms with van der Waals surface area (Å²) in [6.07, 6.45) is 4.99. The van der Waals surface area contributed by atoms with Crippen LogP contribution in [0.1, 0.15) is 17.5 Å². The highest BCUT2D eigenvalue weighted by Crippen LogP contribution is 2.44. The molecule has 0 bridgehead atoms. The molecule has 5 aromatic rings. The number of hydrogen-bond acceptors (Lipinski definition) is 10. The zero-order chi connectivity index (χ0) is 29.4. The number of piperidine rings is 1. The largest absolute Gasteiger partial charge is 0.493 e. The summed E-state index contributed by atoms with van der Waals surface area (Å²) in [6.45, 7) is 1.91. The predicted molar refractivity (Wildman–Crippen MR) is 150 cm³/mol. The molecule has 1 fully saturated rings. The topological polar surface area (TPSA) is 123 Å². The van der Waals surface area contributed by atoms with Crippen molar-refractivity contribution in [1.29, 1.82) is 5.26 Å². The number of rotatable bonds is 7. The zero-order valence-corrected chi connectivity index (χ0v) is 23.0. The van der Waals surface area contributed by atoms with Gasteiger partial charge < -0.3 is 24.4 Å². The number of benzene rings is 2. The Labute approximate surface area is 239 Å². The molecule has 2 aromatic carbocycles. The smallest absolute Gasteiger partial charge is 0.296 e. The van der Waals surface area contributed by atoms with Crippen molar-refractivity contribution in [2.75, 3.05) is 32.6 Å². The minimum atomic E-state index is -3.09. The second-order valence-corrected chi connectivity index (χ2v) is 10.1. The van der Waals surface area contributed by atoms with Gasteiger partial charge in [-0.1, -0.05) is 0 Å². The summed E-state index contributed by atoms with van der Waals surface area (Å²) >= 11 is 0. The van der Waals surface area contributed by atoms with Gasteiger partial charge in [-0.2, -0.15) is 5.26 Å². The Morgan fingerprint density at radius 3 is 2.74 bits per heavy atom. The lowest BCUT2D eigenvalue weighted by atomic mass is 10.0. The van der Waals surface area contributed by atoms with Crippen LogP contribution in [0.25, 0.3) is 16.7 Å². The van der Waals surface area contributed by atoms with Crippen molar-refractivity contribution in [3.05, 3.63) is 66.4 Å². The average Bonchev–Trinajstić information content (AvgIpc) is 3.44. The first-order valence-corrected chi connectivity index (χ1v) is 13.1. The number of anilines is 2. The van der Waals surface area contributed by atoms with E-state index in [9.17, 15) is 5.26 Å². The van der Waals surface area contributed by atoms with Gasteiger partial charge in [-0.15, -0.1) is 10.2 Å². The first-order valence-electron chi connectivity index (χ1n) is 13.1. The Bertz CT molecular complexity index is 1840. The van der Waals surface area contributed by atoms with Crippen molar-refractivity contribution in [3.63, 3.8) is 0 Å². The third kappa shape index (κ3) is 5.08. The molecule has 1 N–H and O–H groups in total. The first-order chi connectivity index (χ1) is 20.3. The van der Waals surface area contributed by atoms with Crippen LogP contribution in [0.5, 0.6) is 23.0 Å². The van der Waals surface area contributed by atoms with Crippen LogP contribution in [0.4, 0.5) is 20.2 Å². The summed E-state index contributed by atoms with van der Waals surface area (Å²) in [5.41, 5.74) is 2.46. The number of nitrogens with zero attached hydrogens (tertiary/aromatic N) is 7. The van der Waals surface area contributed by atoms with Gasteiger partial charge in [0, 0.05) is 24.8 Å². The maximum Gasteiger partial charge on any atom is 0.296 e. The zero-order valence-electron chi connectivity index (χ0n) is 23.0. The molecule has 0 spiro atoms. The Hall–Kier alpha value is -5.09. The van der Waals surface area contributed by atoms with Crippen LogP contribution in [-0.2, 0) is 0 Å². The first kappa shape index (κ1) is 27.1. The second kappa shape index (κ2) is 10.7. The molecule has 6 rings (SSSR count). The number of likely N-dealkylation sites (tertiary alicyclic amines) is 1. The van der Waals surface area contributed by atoms with Crippen molar-refractivity contribution in [1.82, 2.24) is 29.5 Å². The fourth-order valence-electron chi connectivity index (χ4n) is 4.98. The van der Waals surface area contributed by atoms with E-state index in [2.05, 4.69) is 31.6 Å². The quantitative estimate of drug-likeness (QED) is 0.281. The van der Waals surface area contributed by atoms with Gasteiger partial charge in [0.25, 0.3) is 11.7 Å². The summed E-state index contributed by atoms with van der Waals surface area (Å²) in [4.78, 5) is 10.2. The van der Waals surface area contributed by atoms with Crippen LogP contribution in [0.15, 0.2) is 55.2 Å². The van der Waals surface area contributed by atoms with Crippen LogP contribution in [0.2, 0.25) is 0 Å². The third-order valence-corrected chi connectivity index (χ3v) is 7.08. The summed E-state index contributed by atoms with van der Waals surface area (Å²) in [5, 5.41) is 21.3. The molecule has 4 heterocycles. The van der Waals surface area contributed by atoms with Crippen molar-refractivity contribution in [2.24, 2.45) is 0 Å². The number of halogens is 2. The maximum atomic E-state index is 15.0. The SMILES string of the molecule is COc1ccc2ncc(C#N)c(Nc3ccc(Oc4cnc5nncn5c4)c(C)c3)c2c1O[C@H]1CCN(C)CC1(F)F. The van der Waals surface area contributed by atoms with E-state index in [1.54, 1.807) is 53.0 Å². The highest BCUT2D eigenvalue weighted by atomic mass is 19.3. The van der Waals surface area contributed by atoms with Gasteiger partial charge in [-0.3, -0.25) is 9.38 Å². The lowest BCUT2D eigenvalue weighted by molar-refractivity contribution is -0.135. The van der Waals surface area contributed by atoms with E-state index >= 15 is 8.78 Å². The molecule has 0 amide bonds. The highest BCUT2D eigenvalue weighted by molar-refractivity contribution is 6.01. The third-order valence-electron chi connectivity index (χ3n) is 7.08. The number of aromatic nitrogens is 5. The minimum Gasteiger partial charge on any atom is -0.493 e. The number of fused-ring (bicyclic) bond motifs is 2. The number of alkyl halides is 2. The molecular formula is C29H26F2N8O3. The molecule has 0 aliphatic carbocycles. The lowest BCUT2D eigenvalue weighted by Gasteiger charge is -2.36. The Balaban J connectivity index is 1.37. The van der Waals surface area contributed by atoms with Crippen LogP contribution >= 0.6 is 0 Å². The molecule has 13 heteroatoms. The number of ether oxygens (including phenoxy) is 3. The molecule has 0 unspecified atom stereocenters. The maximum absolute atomic E-state index is 15.0. The number of nitrogens with one attached hydrogen (secondary N) is 1. The second-order valence-electron chi connectivity index (χ2n) is 10.1. The number of pyridine rings is 1. The monoisotopic (exact) mass is 572 g/mol. The van der Waals surface area contributed by atoms with Gasteiger partial charge in [0.15, 0.2) is 23.4 Å². The standard InChI is InChI=1S/C29H26F2N8O3/c1-17-10-19(4-6-22(17)41-20-13-34-28-37-35-16-39(28)14-20)36-26-18(11-32)12-33-21-5-7-23(40-3)27(25(21)26)42-24-8-9-38(2)15-29(24,30)31/h4-7,10,12-14,16,24H,8-9,15H2,1-3H3,(H,33,36)/t24-/m0/s1. The highest BCUT2D eigenvalue weighted by Gasteiger charge is 2.46. The van der Waals surface area contributed by atoms with E-state index in [0.29, 0.717) is 46.1 Å². The van der Waals surface area contributed by atoms with E-state index < -0.39 is 18.6 Å². The predicted octanol–water partition coefficient (Wildman–Crippen LogP) is 5.12. The molecule has 1 saturated heterocycles. The van der Waals surface area contributed by atoms with Crippen LogP contribution < -0.4 is 19.5 Å². The van der Waals surface area contributed by atoms with Gasteiger partial charge in [0.05, 0.1) is 48.2 Å². The van der Waals surface area contributed by atoms with Crippen molar-refractivity contribution in [3.8, 4) is 29.1 Å². The van der Waals surface area contributed by atoms with Crippen LogP contribution in [0.3, 0.4) is 0 Å². The van der Waals surface area contributed by atoms with Gasteiger partial charge in [0.2, 0.25) is 0 Å². The van der Waals surface area contributed by atoms with E-state index in [1.165, 1.54) is 19.6 Å². The molecule has 1 atom stereocenters. The average molecular weight is 573 g/mol. The molecule has 42 heavy (non-hydrogen) atoms. The van der Waals surface area contributed by atoms with Gasteiger partial charge >= 0.3 is 0 Å². The van der Waals surface area contributed by atoms with E-state index in [1.807, 2.05) is 13.0 Å². The van der Waals surface area contributed by atoms with E-state index in [4.69, 9.17) is 14.2 Å². The fraction of sp³-hybridized carbons (Fsp3) is 0.276. The number of hydrogen-bond donors (Lipinski definition) is 1. The van der Waals surface area contributed by atoms with Crippen LogP contribution in [-0.4, -0.2) is 68.7 Å². The van der Waals surface area contributed by atoms with Gasteiger partial charge in [-0.05, 0) is 49.9 Å². The summed E-state index contributed by atoms with van der Waals surface area (Å²) < 4.78 is 49.3. The van der Waals surface area contributed by atoms with Crippen molar-refractivity contribution in [2.45, 2.75) is 25.4 Å². The Morgan fingerprint density at radius 1 is 1.14 bits per heavy atom. The summed E-state index contributed by atoms with van der Waals surface area (Å²) in [5.74, 6) is -1.19. The molecule has 0 radical (unpaired) electrons. The van der Waals surface area contributed by atoms with Crippen molar-refractivity contribution >= 4 is 28.1 Å². The molecular weight excluding hydrogens is 546 g/mol. The van der Waals surface area contributed by atoms with Gasteiger partial charge in [-0.25, -0.2) is 13.8 Å². The number of methoxy groups -OCH3 is 1. The fourth-order valence-corrected chi connectivity index (χ4v) is 4.98. The molecule has 0 saturated carbocycles. The number of nitriles is 1. The molecule has 1 aliphatic rings. The molecule has 11 nitrogen and oxygen atoms in total. The minimum absolute atomic E-state index is 0.102. The molecule has 3 aromatic heterocycles. The van der Waals surface area contributed by atoms with E-state index in [-0.39, 0.29) is 23.5 Å². The summed E-state index contributed by atoms with van der Waals surface area (Å²) in [7, 11) is 3.09. The summed E-state index contributed by atoms with van der Waals surface area (Å²) in [6, 6.07) is 10.9. The lowest BCUT2D eigenvalue weighted by Crippen LogP contribution is -2.52. The number of aryl methyl sites for hydroxylation is 1. The Kier molecular flexibility index (Phi) is 6.91. The molecule has 1 aliphatic heterocycles. The molecule has 214 valence electrons. The van der Waals surface area contributed by atoms with Gasteiger partial charge in [0.1, 0.15) is 18.1 Å². The van der Waals surface area contributed by atoms with Crippen molar-refractivity contribution < 1.29 is 23.0 Å².